The number of hydrogen-bond acceptors (Lipinski definition) is 4. The van der Waals surface area contributed by atoms with Crippen LogP contribution in [-0.2, 0) is 6.54 Å². The van der Waals surface area contributed by atoms with Gasteiger partial charge in [-0.05, 0) is 41.1 Å². The van der Waals surface area contributed by atoms with Gasteiger partial charge >= 0.3 is 0 Å². The van der Waals surface area contributed by atoms with Gasteiger partial charge in [0, 0.05) is 21.3 Å². The van der Waals surface area contributed by atoms with Crippen molar-refractivity contribution in [3.63, 3.8) is 0 Å². The highest BCUT2D eigenvalue weighted by atomic mass is 79.9. The van der Waals surface area contributed by atoms with Gasteiger partial charge in [-0.2, -0.15) is 0 Å². The van der Waals surface area contributed by atoms with Gasteiger partial charge in [0.15, 0.2) is 0 Å². The zero-order valence-electron chi connectivity index (χ0n) is 10.4. The van der Waals surface area contributed by atoms with Crippen LogP contribution >= 0.6 is 27.3 Å². The minimum Gasteiger partial charge on any atom is -0.370 e. The minimum atomic E-state index is -0.163. The highest BCUT2D eigenvalue weighted by Gasteiger charge is 2.08. The van der Waals surface area contributed by atoms with Crippen LogP contribution in [0.1, 0.15) is 22.3 Å². The highest BCUT2D eigenvalue weighted by Crippen LogP contribution is 2.19. The zero-order valence-corrected chi connectivity index (χ0v) is 12.8. The summed E-state index contributed by atoms with van der Waals surface area (Å²) >= 11 is 4.99. The molecular weight excluding hydrogens is 326 g/mol. The van der Waals surface area contributed by atoms with E-state index in [9.17, 15) is 4.79 Å². The molecule has 0 aliphatic rings. The number of nitrogens with one attached hydrogen (secondary N) is 2. The quantitative estimate of drug-likeness (QED) is 0.878. The van der Waals surface area contributed by atoms with Crippen LogP contribution in [0, 0.1) is 0 Å². The van der Waals surface area contributed by atoms with E-state index in [1.807, 2.05) is 30.5 Å². The largest absolute Gasteiger partial charge is 0.370 e. The molecule has 2 rings (SSSR count). The van der Waals surface area contributed by atoms with Gasteiger partial charge in [0.1, 0.15) is 11.5 Å². The second-order valence-electron chi connectivity index (χ2n) is 3.85. The molecule has 0 atom stereocenters. The van der Waals surface area contributed by atoms with Gasteiger partial charge in [0.25, 0.3) is 5.91 Å². The Labute approximate surface area is 124 Å². The topological polar surface area (TPSA) is 54.0 Å². The summed E-state index contributed by atoms with van der Waals surface area (Å²) in [5.41, 5.74) is 0.425. The Morgan fingerprint density at radius 1 is 1.47 bits per heavy atom. The Balaban J connectivity index is 1.97. The van der Waals surface area contributed by atoms with Crippen molar-refractivity contribution >= 4 is 39.0 Å². The van der Waals surface area contributed by atoms with Gasteiger partial charge in [0.05, 0.1) is 6.54 Å². The van der Waals surface area contributed by atoms with Gasteiger partial charge in [-0.3, -0.25) is 4.79 Å². The first-order valence-electron chi connectivity index (χ1n) is 5.91. The van der Waals surface area contributed by atoms with Crippen LogP contribution in [0.3, 0.4) is 0 Å². The summed E-state index contributed by atoms with van der Waals surface area (Å²) in [6.07, 6.45) is 0. The molecule has 0 aliphatic heterocycles. The lowest BCUT2D eigenvalue weighted by molar-refractivity contribution is 0.0946. The average molecular weight is 340 g/mol. The highest BCUT2D eigenvalue weighted by molar-refractivity contribution is 9.10. The Kier molecular flexibility index (Phi) is 4.93. The average Bonchev–Trinajstić information content (AvgIpc) is 2.82. The molecule has 0 aliphatic carbocycles. The maximum absolute atomic E-state index is 12.0. The number of nitrogens with zero attached hydrogens (tertiary/aromatic N) is 1. The van der Waals surface area contributed by atoms with Crippen LogP contribution in [-0.4, -0.2) is 17.4 Å². The number of anilines is 1. The predicted octanol–water partition coefficient (Wildman–Crippen LogP) is 3.27. The van der Waals surface area contributed by atoms with Gasteiger partial charge in [-0.15, -0.1) is 11.3 Å². The second kappa shape index (κ2) is 6.68. The summed E-state index contributed by atoms with van der Waals surface area (Å²) in [5, 5.41) is 7.93. The third kappa shape index (κ3) is 4.04. The number of pyridine rings is 1. The molecule has 19 heavy (non-hydrogen) atoms. The molecule has 0 spiro atoms. The van der Waals surface area contributed by atoms with E-state index in [1.54, 1.807) is 17.4 Å². The van der Waals surface area contributed by atoms with Crippen molar-refractivity contribution in [1.29, 1.82) is 0 Å². The molecule has 0 radical (unpaired) electrons. The summed E-state index contributed by atoms with van der Waals surface area (Å²) in [5.74, 6) is 0.554. The van der Waals surface area contributed by atoms with Gasteiger partial charge < -0.3 is 10.6 Å². The Hall–Kier alpha value is -1.40. The first kappa shape index (κ1) is 14.0. The molecule has 1 amide bonds. The van der Waals surface area contributed by atoms with E-state index in [1.165, 1.54) is 0 Å². The second-order valence-corrected chi connectivity index (χ2v) is 5.76. The van der Waals surface area contributed by atoms with Crippen LogP contribution in [0.25, 0.3) is 0 Å². The first-order valence-corrected chi connectivity index (χ1v) is 7.58. The number of carbonyl (C=O) groups excluding carboxylic acids is 1. The number of amides is 1. The van der Waals surface area contributed by atoms with Crippen molar-refractivity contribution < 1.29 is 4.79 Å². The van der Waals surface area contributed by atoms with Crippen molar-refractivity contribution in [2.24, 2.45) is 0 Å². The van der Waals surface area contributed by atoms with E-state index >= 15 is 0 Å². The molecule has 100 valence electrons. The van der Waals surface area contributed by atoms with Crippen LogP contribution in [0.2, 0.25) is 0 Å². The standard InChI is InChI=1S/C13H14BrN3OS/c1-2-15-12-5-3-4-11(17-12)13(18)16-7-10-6-9(14)8-19-10/h3-6,8H,2,7H2,1H3,(H,15,17)(H,16,18). The fourth-order valence-corrected chi connectivity index (χ4v) is 2.94. The van der Waals surface area contributed by atoms with E-state index in [4.69, 9.17) is 0 Å². The maximum Gasteiger partial charge on any atom is 0.270 e. The van der Waals surface area contributed by atoms with E-state index in [-0.39, 0.29) is 5.91 Å². The lowest BCUT2D eigenvalue weighted by Crippen LogP contribution is -2.23. The van der Waals surface area contributed by atoms with E-state index in [0.717, 1.165) is 15.9 Å². The zero-order chi connectivity index (χ0) is 13.7. The van der Waals surface area contributed by atoms with Crippen LogP contribution < -0.4 is 10.6 Å². The van der Waals surface area contributed by atoms with Gasteiger partial charge in [-0.1, -0.05) is 6.07 Å². The molecule has 2 aromatic heterocycles. The van der Waals surface area contributed by atoms with Crippen molar-refractivity contribution in [2.45, 2.75) is 13.5 Å². The fraction of sp³-hybridized carbons (Fsp3) is 0.231. The fourth-order valence-electron chi connectivity index (χ4n) is 1.55. The van der Waals surface area contributed by atoms with E-state index in [0.29, 0.717) is 18.1 Å². The molecule has 2 aromatic rings. The summed E-state index contributed by atoms with van der Waals surface area (Å²) in [4.78, 5) is 17.3. The Morgan fingerprint density at radius 3 is 3.00 bits per heavy atom. The van der Waals surface area contributed by atoms with Crippen LogP contribution in [0.5, 0.6) is 0 Å². The van der Waals surface area contributed by atoms with Crippen LogP contribution in [0.4, 0.5) is 5.82 Å². The van der Waals surface area contributed by atoms with Crippen molar-refractivity contribution in [2.75, 3.05) is 11.9 Å². The first-order chi connectivity index (χ1) is 9.19. The minimum absolute atomic E-state index is 0.163. The van der Waals surface area contributed by atoms with E-state index < -0.39 is 0 Å². The molecule has 0 unspecified atom stereocenters. The van der Waals surface area contributed by atoms with Crippen molar-refractivity contribution in [1.82, 2.24) is 10.3 Å². The lowest BCUT2D eigenvalue weighted by Gasteiger charge is -2.06. The molecule has 0 fully saturated rings. The normalized spacial score (nSPS) is 10.2. The van der Waals surface area contributed by atoms with Crippen molar-refractivity contribution in [3.8, 4) is 0 Å². The molecule has 4 nitrogen and oxygen atoms in total. The number of thiophene rings is 1. The number of hydrogen-bond donors (Lipinski definition) is 2. The molecule has 0 bridgehead atoms. The van der Waals surface area contributed by atoms with Crippen molar-refractivity contribution in [3.05, 3.63) is 44.7 Å². The monoisotopic (exact) mass is 339 g/mol. The predicted molar refractivity (Wildman–Crippen MR) is 81.6 cm³/mol. The molecule has 2 N–H and O–H groups in total. The SMILES string of the molecule is CCNc1cccc(C(=O)NCc2cc(Br)cs2)n1. The molecule has 0 aromatic carbocycles. The maximum atomic E-state index is 12.0. The van der Waals surface area contributed by atoms with Crippen LogP contribution in [0.15, 0.2) is 34.1 Å². The summed E-state index contributed by atoms with van der Waals surface area (Å²) in [6, 6.07) is 7.37. The number of carbonyl (C=O) groups is 1. The smallest absolute Gasteiger partial charge is 0.270 e. The summed E-state index contributed by atoms with van der Waals surface area (Å²) in [6.45, 7) is 3.28. The molecular formula is C13H14BrN3OS. The Morgan fingerprint density at radius 2 is 2.32 bits per heavy atom. The number of rotatable bonds is 5. The number of halogens is 1. The van der Waals surface area contributed by atoms with E-state index in [2.05, 4.69) is 31.5 Å². The summed E-state index contributed by atoms with van der Waals surface area (Å²) < 4.78 is 1.04. The molecule has 0 saturated heterocycles. The van der Waals surface area contributed by atoms with Gasteiger partial charge in [-0.25, -0.2) is 4.98 Å². The molecule has 6 heteroatoms. The third-order valence-corrected chi connectivity index (χ3v) is 4.08. The Bertz CT molecular complexity index is 571. The lowest BCUT2D eigenvalue weighted by atomic mass is 10.3. The molecule has 0 saturated carbocycles. The van der Waals surface area contributed by atoms with Gasteiger partial charge in [0.2, 0.25) is 0 Å². The summed E-state index contributed by atoms with van der Waals surface area (Å²) in [7, 11) is 0. The third-order valence-electron chi connectivity index (χ3n) is 2.38. The molecule has 2 heterocycles. The number of aromatic nitrogens is 1.